The lowest BCUT2D eigenvalue weighted by Gasteiger charge is -2.26. The lowest BCUT2D eigenvalue weighted by molar-refractivity contribution is 0.0839. The van der Waals surface area contributed by atoms with Crippen LogP contribution < -0.4 is 4.74 Å². The summed E-state index contributed by atoms with van der Waals surface area (Å²) in [5.41, 5.74) is 0.0818. The number of aromatic hydroxyl groups is 4. The summed E-state index contributed by atoms with van der Waals surface area (Å²) >= 11 is 0. The molecule has 1 heterocycles. The second-order valence-corrected chi connectivity index (χ2v) is 4.78. The average Bonchev–Trinajstić information content (AvgIpc) is 2.36. The number of ketones is 1. The summed E-state index contributed by atoms with van der Waals surface area (Å²) in [5.74, 6) is -1.39. The molecule has 4 N–H and O–H groups in total. The second kappa shape index (κ2) is 4.59. The first-order chi connectivity index (χ1) is 9.97. The van der Waals surface area contributed by atoms with Gasteiger partial charge in [-0.05, 0) is 12.1 Å². The van der Waals surface area contributed by atoms with Gasteiger partial charge in [-0.2, -0.15) is 0 Å². The summed E-state index contributed by atoms with van der Waals surface area (Å²) < 4.78 is 5.55. The highest BCUT2D eigenvalue weighted by Crippen LogP contribution is 2.45. The third-order valence-corrected chi connectivity index (χ3v) is 3.37. The van der Waals surface area contributed by atoms with Crippen LogP contribution in [0.5, 0.6) is 28.7 Å². The van der Waals surface area contributed by atoms with Gasteiger partial charge in [0.15, 0.2) is 5.78 Å². The lowest BCUT2D eigenvalue weighted by Crippen LogP contribution is -2.20. The van der Waals surface area contributed by atoms with Crippen molar-refractivity contribution in [1.82, 2.24) is 0 Å². The Bertz CT molecular complexity index is 717. The predicted molar refractivity (Wildman–Crippen MR) is 71.9 cm³/mol. The van der Waals surface area contributed by atoms with Crippen LogP contribution in [-0.2, 0) is 0 Å². The molecule has 6 heteroatoms. The summed E-state index contributed by atoms with van der Waals surface area (Å²) in [5, 5.41) is 38.9. The molecular formula is C15H12O6. The SMILES string of the molecule is O=C1CC(c2c(O)cccc2O)Oc2cc(O)cc(O)c21. The molecule has 1 aliphatic rings. The molecule has 0 saturated carbocycles. The van der Waals surface area contributed by atoms with Gasteiger partial charge in [-0.3, -0.25) is 4.79 Å². The molecule has 6 nitrogen and oxygen atoms in total. The molecule has 2 aromatic rings. The molecule has 1 unspecified atom stereocenters. The molecule has 0 radical (unpaired) electrons. The van der Waals surface area contributed by atoms with E-state index >= 15 is 0 Å². The largest absolute Gasteiger partial charge is 0.508 e. The average molecular weight is 288 g/mol. The first kappa shape index (κ1) is 13.1. The van der Waals surface area contributed by atoms with Crippen LogP contribution in [-0.4, -0.2) is 26.2 Å². The third-order valence-electron chi connectivity index (χ3n) is 3.37. The first-order valence-electron chi connectivity index (χ1n) is 6.24. The fourth-order valence-electron chi connectivity index (χ4n) is 2.46. The molecule has 3 rings (SSSR count). The minimum atomic E-state index is -0.896. The maximum atomic E-state index is 12.1. The van der Waals surface area contributed by atoms with Gasteiger partial charge in [0.2, 0.25) is 0 Å². The standard InChI is InChI=1S/C15H12O6/c16-7-4-10(19)15-11(20)6-13(21-12(15)5-7)14-8(17)2-1-3-9(14)18/h1-5,13,16-19H,6H2. The number of ether oxygens (including phenoxy) is 1. The van der Waals surface area contributed by atoms with E-state index in [-0.39, 0.29) is 46.3 Å². The van der Waals surface area contributed by atoms with E-state index in [2.05, 4.69) is 0 Å². The van der Waals surface area contributed by atoms with E-state index in [1.165, 1.54) is 24.3 Å². The van der Waals surface area contributed by atoms with Crippen molar-refractivity contribution in [2.45, 2.75) is 12.5 Å². The summed E-state index contributed by atoms with van der Waals surface area (Å²) in [6, 6.07) is 6.47. The number of hydrogen-bond acceptors (Lipinski definition) is 6. The van der Waals surface area contributed by atoms with Crippen LogP contribution in [0.1, 0.15) is 28.4 Å². The number of carbonyl (C=O) groups excluding carboxylic acids is 1. The van der Waals surface area contributed by atoms with Crippen molar-refractivity contribution in [1.29, 1.82) is 0 Å². The van der Waals surface area contributed by atoms with Crippen LogP contribution in [0.15, 0.2) is 30.3 Å². The summed E-state index contributed by atoms with van der Waals surface area (Å²) in [6.45, 7) is 0. The minimum Gasteiger partial charge on any atom is -0.508 e. The van der Waals surface area contributed by atoms with Crippen LogP contribution in [0, 0.1) is 0 Å². The van der Waals surface area contributed by atoms with Crippen LogP contribution in [0.3, 0.4) is 0 Å². The fourth-order valence-corrected chi connectivity index (χ4v) is 2.46. The van der Waals surface area contributed by atoms with E-state index in [4.69, 9.17) is 4.74 Å². The van der Waals surface area contributed by atoms with Crippen LogP contribution in [0.2, 0.25) is 0 Å². The smallest absolute Gasteiger partial charge is 0.174 e. The van der Waals surface area contributed by atoms with E-state index in [1.54, 1.807) is 0 Å². The summed E-state index contributed by atoms with van der Waals surface area (Å²) in [4.78, 5) is 12.1. The normalized spacial score (nSPS) is 17.1. The number of Topliss-reactive ketones (excluding diaryl/α,β-unsaturated/α-hetero) is 1. The Morgan fingerprint density at radius 2 is 1.67 bits per heavy atom. The molecule has 2 aromatic carbocycles. The van der Waals surface area contributed by atoms with Crippen molar-refractivity contribution in [3.05, 3.63) is 41.5 Å². The Morgan fingerprint density at radius 3 is 2.33 bits per heavy atom. The molecule has 108 valence electrons. The second-order valence-electron chi connectivity index (χ2n) is 4.78. The van der Waals surface area contributed by atoms with Crippen molar-refractivity contribution in [3.63, 3.8) is 0 Å². The maximum absolute atomic E-state index is 12.1. The highest BCUT2D eigenvalue weighted by molar-refractivity contribution is 6.02. The van der Waals surface area contributed by atoms with Gasteiger partial charge in [0.25, 0.3) is 0 Å². The van der Waals surface area contributed by atoms with E-state index in [0.29, 0.717) is 0 Å². The van der Waals surface area contributed by atoms with E-state index in [1.807, 2.05) is 0 Å². The number of carbonyl (C=O) groups is 1. The number of fused-ring (bicyclic) bond motifs is 1. The molecule has 1 aliphatic heterocycles. The number of benzene rings is 2. The number of phenols is 4. The molecule has 0 bridgehead atoms. The Kier molecular flexibility index (Phi) is 2.86. The van der Waals surface area contributed by atoms with Crippen molar-refractivity contribution >= 4 is 5.78 Å². The Balaban J connectivity index is 2.08. The van der Waals surface area contributed by atoms with Gasteiger partial charge in [-0.1, -0.05) is 6.07 Å². The van der Waals surface area contributed by atoms with Crippen LogP contribution in [0.4, 0.5) is 0 Å². The van der Waals surface area contributed by atoms with Gasteiger partial charge in [0.1, 0.15) is 40.4 Å². The Labute approximate surface area is 119 Å². The highest BCUT2D eigenvalue weighted by atomic mass is 16.5. The Hall–Kier alpha value is -2.89. The minimum absolute atomic E-state index is 0.0106. The third kappa shape index (κ3) is 2.10. The number of rotatable bonds is 1. The summed E-state index contributed by atoms with van der Waals surface area (Å²) in [7, 11) is 0. The molecular weight excluding hydrogens is 276 g/mol. The Morgan fingerprint density at radius 1 is 1.00 bits per heavy atom. The molecule has 0 aromatic heterocycles. The van der Waals surface area contributed by atoms with Crippen molar-refractivity contribution in [2.75, 3.05) is 0 Å². The van der Waals surface area contributed by atoms with Crippen molar-refractivity contribution in [2.24, 2.45) is 0 Å². The lowest BCUT2D eigenvalue weighted by atomic mass is 9.94. The van der Waals surface area contributed by atoms with Gasteiger partial charge in [0.05, 0.1) is 12.0 Å². The highest BCUT2D eigenvalue weighted by Gasteiger charge is 2.33. The summed E-state index contributed by atoms with van der Waals surface area (Å²) in [6.07, 6.45) is -1.04. The molecule has 0 fully saturated rings. The molecule has 0 aliphatic carbocycles. The number of hydrogen-bond donors (Lipinski definition) is 4. The van der Waals surface area contributed by atoms with Crippen molar-refractivity contribution < 1.29 is 30.0 Å². The fraction of sp³-hybridized carbons (Fsp3) is 0.133. The zero-order chi connectivity index (χ0) is 15.1. The molecule has 0 saturated heterocycles. The van der Waals surface area contributed by atoms with Gasteiger partial charge in [-0.15, -0.1) is 0 Å². The van der Waals surface area contributed by atoms with Gasteiger partial charge < -0.3 is 25.2 Å². The zero-order valence-electron chi connectivity index (χ0n) is 10.8. The maximum Gasteiger partial charge on any atom is 0.174 e. The number of phenolic OH excluding ortho intramolecular Hbond substituents is 4. The molecule has 1 atom stereocenters. The van der Waals surface area contributed by atoms with E-state index in [9.17, 15) is 25.2 Å². The predicted octanol–water partition coefficient (Wildman–Crippen LogP) is 2.22. The van der Waals surface area contributed by atoms with Gasteiger partial charge >= 0.3 is 0 Å². The molecule has 21 heavy (non-hydrogen) atoms. The monoisotopic (exact) mass is 288 g/mol. The quantitative estimate of drug-likeness (QED) is 0.641. The van der Waals surface area contributed by atoms with E-state index < -0.39 is 11.9 Å². The topological polar surface area (TPSA) is 107 Å². The molecule has 0 spiro atoms. The van der Waals surface area contributed by atoms with E-state index in [0.717, 1.165) is 6.07 Å². The van der Waals surface area contributed by atoms with Crippen molar-refractivity contribution in [3.8, 4) is 28.7 Å². The van der Waals surface area contributed by atoms with Crippen LogP contribution in [0.25, 0.3) is 0 Å². The zero-order valence-corrected chi connectivity index (χ0v) is 10.8. The van der Waals surface area contributed by atoms with Crippen LogP contribution >= 0.6 is 0 Å². The first-order valence-corrected chi connectivity index (χ1v) is 6.24. The van der Waals surface area contributed by atoms with Gasteiger partial charge in [0, 0.05) is 12.1 Å². The van der Waals surface area contributed by atoms with Gasteiger partial charge in [-0.25, -0.2) is 0 Å². The molecule has 0 amide bonds.